The minimum absolute atomic E-state index is 0.00183. The number of alkyl halides is 3. The van der Waals surface area contributed by atoms with Crippen molar-refractivity contribution < 1.29 is 22.5 Å². The van der Waals surface area contributed by atoms with Crippen molar-refractivity contribution in [2.45, 2.75) is 44.8 Å². The van der Waals surface area contributed by atoms with E-state index in [4.69, 9.17) is 0 Å². The number of likely N-dealkylation sites (tertiary alicyclic amines) is 1. The average Bonchev–Trinajstić information content (AvgIpc) is 3.23. The van der Waals surface area contributed by atoms with Gasteiger partial charge in [-0.15, -0.1) is 0 Å². The summed E-state index contributed by atoms with van der Waals surface area (Å²) in [6.07, 6.45) is 0.548. The molecule has 2 aliphatic rings. The van der Waals surface area contributed by atoms with Crippen LogP contribution < -0.4 is 5.32 Å². The maximum absolute atomic E-state index is 12.6. The maximum atomic E-state index is 12.6. The van der Waals surface area contributed by atoms with Gasteiger partial charge in [-0.3, -0.25) is 4.79 Å². The van der Waals surface area contributed by atoms with Gasteiger partial charge >= 0.3 is 12.1 Å². The number of benzene rings is 1. The molecule has 0 bridgehead atoms. The Labute approximate surface area is 166 Å². The Morgan fingerprint density at radius 3 is 2.41 bits per heavy atom. The number of carbonyl (C=O) groups excluding carboxylic acids is 1. The summed E-state index contributed by atoms with van der Waals surface area (Å²) in [6, 6.07) is 6.09. The standard InChI is InChI=1S/C20H23F3N4O2/c1-13(12-27-10-8-19(6-7-19)9-11-27)24-17(28)15-4-2-14(3-5-15)16-25-18(29-26-16)20(21,22)23/h2-5,13H,6-12H2,1H3,(H,24,28)/t13-/m1/s1. The van der Waals surface area contributed by atoms with Crippen LogP contribution in [0.15, 0.2) is 28.8 Å². The van der Waals surface area contributed by atoms with Crippen molar-refractivity contribution in [3.8, 4) is 11.4 Å². The van der Waals surface area contributed by atoms with Gasteiger partial charge in [0.2, 0.25) is 5.82 Å². The second-order valence-corrected chi connectivity index (χ2v) is 8.17. The van der Waals surface area contributed by atoms with Gasteiger partial charge in [-0.05, 0) is 63.2 Å². The smallest absolute Gasteiger partial charge is 0.348 e. The summed E-state index contributed by atoms with van der Waals surface area (Å²) >= 11 is 0. The predicted octanol–water partition coefficient (Wildman–Crippen LogP) is 3.75. The number of piperidine rings is 1. The number of aromatic nitrogens is 2. The van der Waals surface area contributed by atoms with Gasteiger partial charge in [-0.2, -0.15) is 18.2 Å². The molecule has 2 aromatic rings. The van der Waals surface area contributed by atoms with Gasteiger partial charge in [0, 0.05) is 23.7 Å². The number of halogens is 3. The lowest BCUT2D eigenvalue weighted by atomic mass is 9.93. The van der Waals surface area contributed by atoms with Crippen molar-refractivity contribution in [1.82, 2.24) is 20.4 Å². The third kappa shape index (κ3) is 4.60. The number of nitrogens with zero attached hydrogens (tertiary/aromatic N) is 3. The van der Waals surface area contributed by atoms with Crippen molar-refractivity contribution in [3.05, 3.63) is 35.7 Å². The van der Waals surface area contributed by atoms with Gasteiger partial charge in [0.1, 0.15) is 0 Å². The van der Waals surface area contributed by atoms with E-state index in [1.165, 1.54) is 37.8 Å². The fraction of sp³-hybridized carbons (Fsp3) is 0.550. The zero-order valence-corrected chi connectivity index (χ0v) is 16.1. The molecule has 1 spiro atoms. The Balaban J connectivity index is 1.31. The lowest BCUT2D eigenvalue weighted by molar-refractivity contribution is -0.159. The average molecular weight is 408 g/mol. The van der Waals surface area contributed by atoms with Crippen LogP contribution in [0.1, 0.15) is 48.9 Å². The highest BCUT2D eigenvalue weighted by Gasteiger charge is 2.44. The van der Waals surface area contributed by atoms with E-state index in [0.29, 0.717) is 16.5 Å². The van der Waals surface area contributed by atoms with Crippen LogP contribution in [0.3, 0.4) is 0 Å². The maximum Gasteiger partial charge on any atom is 0.471 e. The molecule has 156 valence electrons. The van der Waals surface area contributed by atoms with Crippen LogP contribution in [-0.2, 0) is 6.18 Å². The summed E-state index contributed by atoms with van der Waals surface area (Å²) in [4.78, 5) is 18.2. The van der Waals surface area contributed by atoms with E-state index < -0.39 is 12.1 Å². The molecule has 9 heteroatoms. The molecule has 1 aliphatic heterocycles. The third-order valence-corrected chi connectivity index (χ3v) is 5.86. The fourth-order valence-corrected chi connectivity index (χ4v) is 3.85. The summed E-state index contributed by atoms with van der Waals surface area (Å²) in [5.41, 5.74) is 1.40. The van der Waals surface area contributed by atoms with Crippen molar-refractivity contribution >= 4 is 5.91 Å². The van der Waals surface area contributed by atoms with Crippen molar-refractivity contribution in [2.24, 2.45) is 5.41 Å². The Morgan fingerprint density at radius 1 is 1.21 bits per heavy atom. The van der Waals surface area contributed by atoms with Gasteiger partial charge in [0.25, 0.3) is 5.91 Å². The number of hydrogen-bond donors (Lipinski definition) is 1. The normalized spacial score (nSPS) is 19.9. The Bertz CT molecular complexity index is 865. The Kier molecular flexibility index (Phi) is 5.10. The van der Waals surface area contributed by atoms with E-state index in [2.05, 4.69) is 24.9 Å². The number of amides is 1. The van der Waals surface area contributed by atoms with E-state index in [1.807, 2.05) is 6.92 Å². The van der Waals surface area contributed by atoms with Crippen LogP contribution in [0.25, 0.3) is 11.4 Å². The van der Waals surface area contributed by atoms with E-state index in [-0.39, 0.29) is 17.8 Å². The topological polar surface area (TPSA) is 71.3 Å². The number of carbonyl (C=O) groups is 1. The predicted molar refractivity (Wildman–Crippen MR) is 99.0 cm³/mol. The highest BCUT2D eigenvalue weighted by atomic mass is 19.4. The first-order valence-electron chi connectivity index (χ1n) is 9.79. The van der Waals surface area contributed by atoms with Crippen molar-refractivity contribution in [1.29, 1.82) is 0 Å². The molecular weight excluding hydrogens is 385 g/mol. The van der Waals surface area contributed by atoms with Gasteiger partial charge in [-0.1, -0.05) is 17.3 Å². The molecule has 2 heterocycles. The van der Waals surface area contributed by atoms with Gasteiger partial charge < -0.3 is 14.7 Å². The van der Waals surface area contributed by atoms with Gasteiger partial charge in [-0.25, -0.2) is 0 Å². The molecule has 29 heavy (non-hydrogen) atoms. The highest BCUT2D eigenvalue weighted by Crippen LogP contribution is 2.53. The van der Waals surface area contributed by atoms with Crippen molar-refractivity contribution in [3.63, 3.8) is 0 Å². The first-order valence-corrected chi connectivity index (χ1v) is 9.79. The third-order valence-electron chi connectivity index (χ3n) is 5.86. The van der Waals surface area contributed by atoms with E-state index in [0.717, 1.165) is 19.6 Å². The first kappa shape index (κ1) is 19.9. The minimum atomic E-state index is -4.69. The lowest BCUT2D eigenvalue weighted by Crippen LogP contribution is -2.45. The van der Waals surface area contributed by atoms with Crippen LogP contribution in [0.2, 0.25) is 0 Å². The molecule has 0 radical (unpaired) electrons. The molecule has 1 N–H and O–H groups in total. The molecule has 6 nitrogen and oxygen atoms in total. The molecular formula is C20H23F3N4O2. The monoisotopic (exact) mass is 408 g/mol. The van der Waals surface area contributed by atoms with Crippen LogP contribution >= 0.6 is 0 Å². The molecule has 1 aromatic carbocycles. The van der Waals surface area contributed by atoms with Crippen LogP contribution in [0.4, 0.5) is 13.2 Å². The molecule has 1 atom stereocenters. The Morgan fingerprint density at radius 2 is 1.86 bits per heavy atom. The fourth-order valence-electron chi connectivity index (χ4n) is 3.85. The zero-order valence-electron chi connectivity index (χ0n) is 16.1. The molecule has 1 saturated carbocycles. The summed E-state index contributed by atoms with van der Waals surface area (Å²) in [5.74, 6) is -1.78. The zero-order chi connectivity index (χ0) is 20.6. The summed E-state index contributed by atoms with van der Waals surface area (Å²) in [6.45, 7) is 4.95. The second-order valence-electron chi connectivity index (χ2n) is 8.17. The Hall–Kier alpha value is -2.42. The SMILES string of the molecule is C[C@H](CN1CCC2(CC1)CC2)NC(=O)c1ccc(-c2noc(C(F)(F)F)n2)cc1. The lowest BCUT2D eigenvalue weighted by Gasteiger charge is -2.33. The summed E-state index contributed by atoms with van der Waals surface area (Å²) < 4.78 is 41.9. The molecule has 4 rings (SSSR count). The second kappa shape index (κ2) is 7.44. The van der Waals surface area contributed by atoms with Gasteiger partial charge in [0.05, 0.1) is 0 Å². The first-order chi connectivity index (χ1) is 13.7. The van der Waals surface area contributed by atoms with Crippen LogP contribution in [0.5, 0.6) is 0 Å². The van der Waals surface area contributed by atoms with E-state index in [9.17, 15) is 18.0 Å². The largest absolute Gasteiger partial charge is 0.471 e. The van der Waals surface area contributed by atoms with Crippen molar-refractivity contribution in [2.75, 3.05) is 19.6 Å². The van der Waals surface area contributed by atoms with Crippen LogP contribution in [0, 0.1) is 5.41 Å². The molecule has 2 fully saturated rings. The quantitative estimate of drug-likeness (QED) is 0.816. The molecule has 0 unspecified atom stereocenters. The number of rotatable bonds is 5. The highest BCUT2D eigenvalue weighted by molar-refractivity contribution is 5.94. The molecule has 1 aliphatic carbocycles. The van der Waals surface area contributed by atoms with Gasteiger partial charge in [0.15, 0.2) is 0 Å². The number of hydrogen-bond acceptors (Lipinski definition) is 5. The van der Waals surface area contributed by atoms with E-state index in [1.54, 1.807) is 12.1 Å². The minimum Gasteiger partial charge on any atom is -0.348 e. The summed E-state index contributed by atoms with van der Waals surface area (Å²) in [5, 5.41) is 6.33. The van der Waals surface area contributed by atoms with E-state index >= 15 is 0 Å². The molecule has 1 saturated heterocycles. The number of nitrogens with one attached hydrogen (secondary N) is 1. The van der Waals surface area contributed by atoms with Crippen LogP contribution in [-0.4, -0.2) is 46.6 Å². The molecule has 1 amide bonds. The molecule has 1 aromatic heterocycles. The summed E-state index contributed by atoms with van der Waals surface area (Å²) in [7, 11) is 0.